The number of anilines is 1. The van der Waals surface area contributed by atoms with Crippen LogP contribution in [0, 0.1) is 6.92 Å². The van der Waals surface area contributed by atoms with Crippen LogP contribution < -0.4 is 4.90 Å². The maximum atomic E-state index is 5.54. The van der Waals surface area contributed by atoms with Crippen molar-refractivity contribution in [3.05, 3.63) is 35.0 Å². The lowest BCUT2D eigenvalue weighted by atomic mass is 9.91. The van der Waals surface area contributed by atoms with Gasteiger partial charge in [0.25, 0.3) is 0 Å². The molecule has 3 nitrogen and oxygen atoms in total. The van der Waals surface area contributed by atoms with Crippen LogP contribution in [-0.4, -0.2) is 31.3 Å². The SMILES string of the molecule is Cc1ccc2nc3c(c(N4CCOCC4)c2c1)CCCC3. The molecule has 1 aromatic carbocycles. The Morgan fingerprint density at radius 2 is 1.90 bits per heavy atom. The lowest BCUT2D eigenvalue weighted by Gasteiger charge is -2.33. The highest BCUT2D eigenvalue weighted by atomic mass is 16.5. The Hall–Kier alpha value is -1.61. The van der Waals surface area contributed by atoms with Gasteiger partial charge in [0.15, 0.2) is 0 Å². The molecule has 1 aliphatic heterocycles. The second kappa shape index (κ2) is 5.30. The van der Waals surface area contributed by atoms with Crippen molar-refractivity contribution in [1.29, 1.82) is 0 Å². The number of aryl methyl sites for hydroxylation is 2. The summed E-state index contributed by atoms with van der Waals surface area (Å²) in [7, 11) is 0. The fraction of sp³-hybridized carbons (Fsp3) is 0.500. The number of fused-ring (bicyclic) bond motifs is 2. The molecule has 3 heteroatoms. The molecule has 2 heterocycles. The Morgan fingerprint density at radius 1 is 1.10 bits per heavy atom. The van der Waals surface area contributed by atoms with Gasteiger partial charge in [0.05, 0.1) is 24.4 Å². The average Bonchev–Trinajstić information content (AvgIpc) is 2.53. The van der Waals surface area contributed by atoms with Crippen molar-refractivity contribution in [1.82, 2.24) is 4.98 Å². The maximum Gasteiger partial charge on any atom is 0.0726 e. The van der Waals surface area contributed by atoms with E-state index in [9.17, 15) is 0 Å². The fourth-order valence-corrected chi connectivity index (χ4v) is 3.66. The van der Waals surface area contributed by atoms with Crippen LogP contribution in [0.3, 0.4) is 0 Å². The Kier molecular flexibility index (Phi) is 3.30. The van der Waals surface area contributed by atoms with Crippen molar-refractivity contribution in [2.45, 2.75) is 32.6 Å². The highest BCUT2D eigenvalue weighted by Crippen LogP contribution is 2.36. The molecule has 0 N–H and O–H groups in total. The van der Waals surface area contributed by atoms with Gasteiger partial charge in [0.1, 0.15) is 0 Å². The Labute approximate surface area is 125 Å². The molecule has 0 bridgehead atoms. The van der Waals surface area contributed by atoms with Gasteiger partial charge in [0, 0.05) is 24.2 Å². The predicted molar refractivity (Wildman–Crippen MR) is 86.2 cm³/mol. The average molecular weight is 282 g/mol. The van der Waals surface area contributed by atoms with Crippen LogP contribution in [0.15, 0.2) is 18.2 Å². The summed E-state index contributed by atoms with van der Waals surface area (Å²) >= 11 is 0. The fourth-order valence-electron chi connectivity index (χ4n) is 3.66. The van der Waals surface area contributed by atoms with Gasteiger partial charge in [-0.3, -0.25) is 4.98 Å². The number of hydrogen-bond donors (Lipinski definition) is 0. The molecule has 0 saturated carbocycles. The van der Waals surface area contributed by atoms with Crippen LogP contribution in [-0.2, 0) is 17.6 Å². The highest BCUT2D eigenvalue weighted by Gasteiger charge is 2.23. The lowest BCUT2D eigenvalue weighted by Crippen LogP contribution is -2.37. The minimum absolute atomic E-state index is 0.838. The third-order valence-electron chi connectivity index (χ3n) is 4.71. The zero-order valence-electron chi connectivity index (χ0n) is 12.7. The third-order valence-corrected chi connectivity index (χ3v) is 4.71. The Morgan fingerprint density at radius 3 is 2.76 bits per heavy atom. The summed E-state index contributed by atoms with van der Waals surface area (Å²) in [5.41, 5.74) is 6.75. The molecule has 0 amide bonds. The van der Waals surface area contributed by atoms with Gasteiger partial charge >= 0.3 is 0 Å². The number of rotatable bonds is 1. The number of hydrogen-bond acceptors (Lipinski definition) is 3. The number of ether oxygens (including phenoxy) is 1. The maximum absolute atomic E-state index is 5.54. The minimum atomic E-state index is 0.838. The van der Waals surface area contributed by atoms with Crippen molar-refractivity contribution in [3.8, 4) is 0 Å². The Balaban J connectivity index is 1.96. The van der Waals surface area contributed by atoms with Crippen molar-refractivity contribution in [2.75, 3.05) is 31.2 Å². The first kappa shape index (κ1) is 13.1. The molecule has 21 heavy (non-hydrogen) atoms. The van der Waals surface area contributed by atoms with E-state index in [4.69, 9.17) is 9.72 Å². The standard InChI is InChI=1S/C18H22N2O/c1-13-6-7-17-15(12-13)18(20-8-10-21-11-9-20)14-4-2-3-5-16(14)19-17/h6-7,12H,2-5,8-11H2,1H3. The van der Waals surface area contributed by atoms with Crippen molar-refractivity contribution in [3.63, 3.8) is 0 Å². The van der Waals surface area contributed by atoms with Gasteiger partial charge in [-0.05, 0) is 50.3 Å². The molecule has 0 spiro atoms. The van der Waals surface area contributed by atoms with E-state index >= 15 is 0 Å². The third kappa shape index (κ3) is 2.30. The summed E-state index contributed by atoms with van der Waals surface area (Å²) in [5, 5.41) is 1.33. The van der Waals surface area contributed by atoms with Crippen LogP contribution in [0.4, 0.5) is 5.69 Å². The van der Waals surface area contributed by atoms with Crippen molar-refractivity contribution >= 4 is 16.6 Å². The van der Waals surface area contributed by atoms with Crippen molar-refractivity contribution in [2.24, 2.45) is 0 Å². The number of nitrogens with zero attached hydrogens (tertiary/aromatic N) is 2. The number of morpholine rings is 1. The molecule has 1 aliphatic carbocycles. The number of aromatic nitrogens is 1. The summed E-state index contributed by atoms with van der Waals surface area (Å²) in [6.45, 7) is 5.84. The van der Waals surface area contributed by atoms with Crippen LogP contribution >= 0.6 is 0 Å². The van der Waals surface area contributed by atoms with E-state index in [-0.39, 0.29) is 0 Å². The number of benzene rings is 1. The van der Waals surface area contributed by atoms with E-state index in [0.29, 0.717) is 0 Å². The van der Waals surface area contributed by atoms with Gasteiger partial charge < -0.3 is 9.64 Å². The first-order valence-corrected chi connectivity index (χ1v) is 8.08. The van der Waals surface area contributed by atoms with Gasteiger partial charge in [-0.15, -0.1) is 0 Å². The molecule has 0 radical (unpaired) electrons. The summed E-state index contributed by atoms with van der Waals surface area (Å²) in [6, 6.07) is 6.67. The highest BCUT2D eigenvalue weighted by molar-refractivity contribution is 5.94. The normalized spacial score (nSPS) is 18.8. The van der Waals surface area contributed by atoms with E-state index in [1.165, 1.54) is 47.2 Å². The van der Waals surface area contributed by atoms with E-state index in [1.807, 2.05) is 0 Å². The topological polar surface area (TPSA) is 25.4 Å². The monoisotopic (exact) mass is 282 g/mol. The van der Waals surface area contributed by atoms with E-state index in [1.54, 1.807) is 0 Å². The first-order chi connectivity index (χ1) is 10.3. The molecule has 0 unspecified atom stereocenters. The van der Waals surface area contributed by atoms with Gasteiger partial charge in [-0.1, -0.05) is 11.6 Å². The lowest BCUT2D eigenvalue weighted by molar-refractivity contribution is 0.122. The largest absolute Gasteiger partial charge is 0.378 e. The molecule has 0 atom stereocenters. The van der Waals surface area contributed by atoms with Gasteiger partial charge in [-0.25, -0.2) is 0 Å². The smallest absolute Gasteiger partial charge is 0.0726 e. The first-order valence-electron chi connectivity index (χ1n) is 8.08. The summed E-state index contributed by atoms with van der Waals surface area (Å²) in [6.07, 6.45) is 4.89. The van der Waals surface area contributed by atoms with Gasteiger partial charge in [-0.2, -0.15) is 0 Å². The zero-order valence-corrected chi connectivity index (χ0v) is 12.7. The summed E-state index contributed by atoms with van der Waals surface area (Å²) < 4.78 is 5.54. The van der Waals surface area contributed by atoms with E-state index in [0.717, 1.165) is 38.2 Å². The van der Waals surface area contributed by atoms with E-state index in [2.05, 4.69) is 30.0 Å². The predicted octanol–water partition coefficient (Wildman–Crippen LogP) is 3.26. The minimum Gasteiger partial charge on any atom is -0.378 e. The second-order valence-electron chi connectivity index (χ2n) is 6.21. The molecule has 110 valence electrons. The molecule has 2 aromatic rings. The Bertz CT molecular complexity index is 674. The second-order valence-corrected chi connectivity index (χ2v) is 6.21. The summed E-state index contributed by atoms with van der Waals surface area (Å²) in [4.78, 5) is 7.48. The van der Waals surface area contributed by atoms with Crippen LogP contribution in [0.25, 0.3) is 10.9 Å². The van der Waals surface area contributed by atoms with Crippen LogP contribution in [0.1, 0.15) is 29.7 Å². The molecule has 1 fully saturated rings. The number of pyridine rings is 1. The summed E-state index contributed by atoms with van der Waals surface area (Å²) in [5.74, 6) is 0. The molecule has 1 saturated heterocycles. The van der Waals surface area contributed by atoms with Crippen LogP contribution in [0.5, 0.6) is 0 Å². The quantitative estimate of drug-likeness (QED) is 0.803. The zero-order chi connectivity index (χ0) is 14.2. The molecule has 1 aromatic heterocycles. The van der Waals surface area contributed by atoms with E-state index < -0.39 is 0 Å². The van der Waals surface area contributed by atoms with Crippen LogP contribution in [0.2, 0.25) is 0 Å². The molecule has 4 rings (SSSR count). The molecular weight excluding hydrogens is 260 g/mol. The van der Waals surface area contributed by atoms with Crippen molar-refractivity contribution < 1.29 is 4.74 Å². The molecule has 2 aliphatic rings. The molecular formula is C18H22N2O. The van der Waals surface area contributed by atoms with Gasteiger partial charge in [0.2, 0.25) is 0 Å².